The summed E-state index contributed by atoms with van der Waals surface area (Å²) in [6.07, 6.45) is 1.97. The molecule has 0 fully saturated rings. The van der Waals surface area contributed by atoms with Gasteiger partial charge in [0.25, 0.3) is 0 Å². The van der Waals surface area contributed by atoms with Gasteiger partial charge in [0.2, 0.25) is 5.91 Å². The minimum Gasteiger partial charge on any atom is -0.477 e. The maximum absolute atomic E-state index is 12.0. The quantitative estimate of drug-likeness (QED) is 0.585. The molecule has 106 valence electrons. The fourth-order valence-electron chi connectivity index (χ4n) is 2.13. The largest absolute Gasteiger partial charge is 0.477 e. The zero-order chi connectivity index (χ0) is 14.8. The second-order valence-corrected chi connectivity index (χ2v) is 4.56. The summed E-state index contributed by atoms with van der Waals surface area (Å²) in [5.41, 5.74) is 1.77. The minimum absolute atomic E-state index is 0.0719. The number of anilines is 1. The smallest absolute Gasteiger partial charge is 0.353 e. The first-order valence-corrected chi connectivity index (χ1v) is 6.27. The van der Waals surface area contributed by atoms with E-state index in [2.05, 4.69) is 20.5 Å². The zero-order valence-electron chi connectivity index (χ0n) is 10.9. The fourth-order valence-corrected chi connectivity index (χ4v) is 2.13. The maximum Gasteiger partial charge on any atom is 0.353 e. The molecule has 0 aliphatic carbocycles. The number of hydrogen-bond donors (Lipinski definition) is 4. The van der Waals surface area contributed by atoms with Crippen molar-refractivity contribution in [1.82, 2.24) is 15.2 Å². The molecule has 0 atom stereocenters. The average Bonchev–Trinajstić information content (AvgIpc) is 3.07. The van der Waals surface area contributed by atoms with Gasteiger partial charge in [0.05, 0.1) is 6.42 Å². The number of nitrogens with one attached hydrogen (secondary N) is 3. The normalized spacial score (nSPS) is 10.7. The highest BCUT2D eigenvalue weighted by Crippen LogP contribution is 2.18. The van der Waals surface area contributed by atoms with Crippen molar-refractivity contribution >= 4 is 28.6 Å². The molecule has 7 nitrogen and oxygen atoms in total. The number of carboxylic acid groups (broad SMARTS) is 1. The number of para-hydroxylation sites is 1. The molecule has 0 aliphatic heterocycles. The SMILES string of the molecule is O=C(Cc1c[nH]c2ccccc12)Nc1cc(C(=O)O)[nH]n1. The molecule has 4 N–H and O–H groups in total. The van der Waals surface area contributed by atoms with Crippen LogP contribution in [0.15, 0.2) is 36.5 Å². The molecule has 7 heteroatoms. The number of H-pyrrole nitrogens is 2. The lowest BCUT2D eigenvalue weighted by molar-refractivity contribution is -0.115. The molecule has 0 saturated carbocycles. The van der Waals surface area contributed by atoms with Crippen LogP contribution in [0.3, 0.4) is 0 Å². The molecule has 0 spiro atoms. The van der Waals surface area contributed by atoms with Crippen molar-refractivity contribution in [3.05, 3.63) is 47.8 Å². The Bertz CT molecular complexity index is 818. The van der Waals surface area contributed by atoms with E-state index in [4.69, 9.17) is 5.11 Å². The van der Waals surface area contributed by atoms with Crippen LogP contribution >= 0.6 is 0 Å². The third-order valence-electron chi connectivity index (χ3n) is 3.10. The van der Waals surface area contributed by atoms with Crippen LogP contribution in [0, 0.1) is 0 Å². The van der Waals surface area contributed by atoms with Crippen LogP contribution in [0.2, 0.25) is 0 Å². The second kappa shape index (κ2) is 5.12. The molecule has 0 radical (unpaired) electrons. The lowest BCUT2D eigenvalue weighted by Crippen LogP contribution is -2.14. The number of fused-ring (bicyclic) bond motifs is 1. The number of carboxylic acids is 1. The molecule has 0 saturated heterocycles. The topological polar surface area (TPSA) is 111 Å². The number of benzene rings is 1. The number of carbonyl (C=O) groups is 2. The summed E-state index contributed by atoms with van der Waals surface area (Å²) < 4.78 is 0. The molecule has 0 unspecified atom stereocenters. The molecule has 1 amide bonds. The lowest BCUT2D eigenvalue weighted by Gasteiger charge is -2.00. The van der Waals surface area contributed by atoms with Crippen molar-refractivity contribution in [1.29, 1.82) is 0 Å². The van der Waals surface area contributed by atoms with Crippen molar-refractivity contribution in [2.45, 2.75) is 6.42 Å². The Morgan fingerprint density at radius 3 is 2.86 bits per heavy atom. The van der Waals surface area contributed by atoms with Crippen LogP contribution in [0.25, 0.3) is 10.9 Å². The van der Waals surface area contributed by atoms with Gasteiger partial charge >= 0.3 is 5.97 Å². The first-order chi connectivity index (χ1) is 10.1. The van der Waals surface area contributed by atoms with E-state index in [0.717, 1.165) is 16.5 Å². The number of amides is 1. The van der Waals surface area contributed by atoms with Gasteiger partial charge in [-0.2, -0.15) is 5.10 Å². The van der Waals surface area contributed by atoms with E-state index in [9.17, 15) is 9.59 Å². The third-order valence-corrected chi connectivity index (χ3v) is 3.10. The van der Waals surface area contributed by atoms with Gasteiger partial charge in [-0.1, -0.05) is 18.2 Å². The summed E-state index contributed by atoms with van der Waals surface area (Å²) >= 11 is 0. The van der Waals surface area contributed by atoms with Gasteiger partial charge in [-0.25, -0.2) is 4.79 Å². The van der Waals surface area contributed by atoms with Gasteiger partial charge in [0.15, 0.2) is 5.82 Å². The molecule has 0 bridgehead atoms. The van der Waals surface area contributed by atoms with Crippen LogP contribution in [0.1, 0.15) is 16.1 Å². The molecule has 3 rings (SSSR count). The molecule has 2 heterocycles. The van der Waals surface area contributed by atoms with E-state index in [0.29, 0.717) is 0 Å². The predicted molar refractivity (Wildman–Crippen MR) is 76.2 cm³/mol. The van der Waals surface area contributed by atoms with Gasteiger partial charge < -0.3 is 15.4 Å². The average molecular weight is 284 g/mol. The van der Waals surface area contributed by atoms with Gasteiger partial charge in [-0.05, 0) is 11.6 Å². The van der Waals surface area contributed by atoms with Crippen molar-refractivity contribution in [2.75, 3.05) is 5.32 Å². The Hall–Kier alpha value is -3.09. The highest BCUT2D eigenvalue weighted by atomic mass is 16.4. The number of aromatic nitrogens is 3. The van der Waals surface area contributed by atoms with Crippen LogP contribution in [-0.4, -0.2) is 32.2 Å². The van der Waals surface area contributed by atoms with Crippen LogP contribution in [0.4, 0.5) is 5.82 Å². The summed E-state index contributed by atoms with van der Waals surface area (Å²) in [6.45, 7) is 0. The monoisotopic (exact) mass is 284 g/mol. The number of carbonyl (C=O) groups excluding carboxylic acids is 1. The number of aromatic amines is 2. The summed E-state index contributed by atoms with van der Waals surface area (Å²) in [5, 5.41) is 18.4. The van der Waals surface area contributed by atoms with E-state index in [1.165, 1.54) is 6.07 Å². The van der Waals surface area contributed by atoms with Crippen molar-refractivity contribution in [2.24, 2.45) is 0 Å². The van der Waals surface area contributed by atoms with E-state index in [-0.39, 0.29) is 23.8 Å². The Kier molecular flexibility index (Phi) is 3.15. The highest BCUT2D eigenvalue weighted by molar-refractivity contribution is 5.96. The fraction of sp³-hybridized carbons (Fsp3) is 0.0714. The van der Waals surface area contributed by atoms with Crippen molar-refractivity contribution < 1.29 is 14.7 Å². The molecular weight excluding hydrogens is 272 g/mol. The van der Waals surface area contributed by atoms with Crippen molar-refractivity contribution in [3.63, 3.8) is 0 Å². The van der Waals surface area contributed by atoms with Gasteiger partial charge in [0.1, 0.15) is 5.69 Å². The van der Waals surface area contributed by atoms with Gasteiger partial charge in [-0.3, -0.25) is 9.89 Å². The molecule has 2 aromatic heterocycles. The zero-order valence-corrected chi connectivity index (χ0v) is 10.9. The van der Waals surface area contributed by atoms with Gasteiger partial charge in [0, 0.05) is 23.2 Å². The minimum atomic E-state index is -1.13. The number of aromatic carboxylic acids is 1. The van der Waals surface area contributed by atoms with Crippen LogP contribution in [0.5, 0.6) is 0 Å². The molecule has 0 aliphatic rings. The number of rotatable bonds is 4. The van der Waals surface area contributed by atoms with Crippen molar-refractivity contribution in [3.8, 4) is 0 Å². The summed E-state index contributed by atoms with van der Waals surface area (Å²) in [6, 6.07) is 8.97. The Labute approximate surface area is 119 Å². The number of hydrogen-bond acceptors (Lipinski definition) is 3. The standard InChI is InChI=1S/C14H12N4O3/c19-13(16-12-6-11(14(20)21)17-18-12)5-8-7-15-10-4-2-1-3-9(8)10/h1-4,6-7,15H,5H2,(H,20,21)(H2,16,17,18,19). The predicted octanol–water partition coefficient (Wildman–Crippen LogP) is 1.77. The van der Waals surface area contributed by atoms with Gasteiger partial charge in [-0.15, -0.1) is 0 Å². The summed E-state index contributed by atoms with van der Waals surface area (Å²) in [4.78, 5) is 25.8. The summed E-state index contributed by atoms with van der Waals surface area (Å²) in [5.74, 6) is -1.19. The van der Waals surface area contributed by atoms with E-state index in [1.807, 2.05) is 24.3 Å². The van der Waals surface area contributed by atoms with Crippen LogP contribution in [-0.2, 0) is 11.2 Å². The first-order valence-electron chi connectivity index (χ1n) is 6.27. The van der Waals surface area contributed by atoms with E-state index >= 15 is 0 Å². The Morgan fingerprint density at radius 1 is 1.29 bits per heavy atom. The Balaban J connectivity index is 1.72. The molecule has 3 aromatic rings. The number of nitrogens with zero attached hydrogens (tertiary/aromatic N) is 1. The van der Waals surface area contributed by atoms with E-state index in [1.54, 1.807) is 6.20 Å². The third kappa shape index (κ3) is 2.62. The van der Waals surface area contributed by atoms with Crippen LogP contribution < -0.4 is 5.32 Å². The summed E-state index contributed by atoms with van der Waals surface area (Å²) in [7, 11) is 0. The maximum atomic E-state index is 12.0. The highest BCUT2D eigenvalue weighted by Gasteiger charge is 2.12. The lowest BCUT2D eigenvalue weighted by atomic mass is 10.1. The Morgan fingerprint density at radius 2 is 2.10 bits per heavy atom. The first kappa shape index (κ1) is 12.9. The molecular formula is C14H12N4O3. The van der Waals surface area contributed by atoms with E-state index < -0.39 is 5.97 Å². The molecule has 1 aromatic carbocycles. The second-order valence-electron chi connectivity index (χ2n) is 4.56. The molecule has 21 heavy (non-hydrogen) atoms.